The molecular weight excluding hydrogens is 342 g/mol. The molecule has 0 aliphatic heterocycles. The van der Waals surface area contributed by atoms with Gasteiger partial charge in [0.1, 0.15) is 0 Å². The van der Waals surface area contributed by atoms with Crippen molar-refractivity contribution in [2.24, 2.45) is 5.92 Å². The Morgan fingerprint density at radius 3 is 2.42 bits per heavy atom. The van der Waals surface area contributed by atoms with Crippen LogP contribution in [0.4, 0.5) is 5.69 Å². The molecule has 3 nitrogen and oxygen atoms in total. The van der Waals surface area contributed by atoms with Crippen LogP contribution in [-0.4, -0.2) is 15.0 Å². The van der Waals surface area contributed by atoms with Gasteiger partial charge in [-0.2, -0.15) is 0 Å². The minimum absolute atomic E-state index is 0.300. The van der Waals surface area contributed by atoms with Crippen LogP contribution in [-0.2, 0) is 10.0 Å². The summed E-state index contributed by atoms with van der Waals surface area (Å²) in [5.41, 5.74) is 1.70. The topological polar surface area (TPSA) is 37.4 Å². The Bertz CT molecular complexity index is 910. The summed E-state index contributed by atoms with van der Waals surface area (Å²) < 4.78 is 27.8. The van der Waals surface area contributed by atoms with E-state index in [0.29, 0.717) is 23.0 Å². The normalized spacial score (nSPS) is 16.9. The molecule has 1 aliphatic carbocycles. The van der Waals surface area contributed by atoms with Crippen LogP contribution in [0, 0.1) is 12.8 Å². The van der Waals surface area contributed by atoms with Crippen molar-refractivity contribution in [1.29, 1.82) is 0 Å². The number of benzene rings is 2. The minimum Gasteiger partial charge on any atom is -0.263 e. The number of para-hydroxylation sites is 1. The molecule has 0 aromatic heterocycles. The van der Waals surface area contributed by atoms with E-state index in [9.17, 15) is 8.42 Å². The van der Waals surface area contributed by atoms with Crippen LogP contribution in [0.2, 0.25) is 0 Å². The maximum Gasteiger partial charge on any atom is 0.264 e. The van der Waals surface area contributed by atoms with Crippen molar-refractivity contribution < 1.29 is 8.42 Å². The quantitative estimate of drug-likeness (QED) is 0.684. The zero-order chi connectivity index (χ0) is 18.4. The van der Waals surface area contributed by atoms with E-state index in [1.807, 2.05) is 67.6 Å². The second-order valence-corrected chi connectivity index (χ2v) is 8.19. The molecule has 4 heteroatoms. The Balaban J connectivity index is 1.88. The van der Waals surface area contributed by atoms with Crippen molar-refractivity contribution in [3.8, 4) is 0 Å². The molecule has 0 saturated carbocycles. The average molecular weight is 365 g/mol. The molecule has 2 aromatic rings. The predicted molar refractivity (Wildman–Crippen MR) is 108 cm³/mol. The van der Waals surface area contributed by atoms with Gasteiger partial charge in [-0.25, -0.2) is 8.42 Å². The number of rotatable bonds is 6. The highest BCUT2D eigenvalue weighted by Gasteiger charge is 2.23. The second kappa shape index (κ2) is 8.19. The summed E-state index contributed by atoms with van der Waals surface area (Å²) in [5, 5.41) is 0. The third-order valence-electron chi connectivity index (χ3n) is 4.32. The summed E-state index contributed by atoms with van der Waals surface area (Å²) in [5.74, 6) is 0.319. The Hall–Kier alpha value is -2.59. The van der Waals surface area contributed by atoms with E-state index in [2.05, 4.69) is 18.2 Å². The van der Waals surface area contributed by atoms with Crippen molar-refractivity contribution in [3.63, 3.8) is 0 Å². The first-order chi connectivity index (χ1) is 12.6. The van der Waals surface area contributed by atoms with Gasteiger partial charge >= 0.3 is 0 Å². The van der Waals surface area contributed by atoms with Gasteiger partial charge in [0.25, 0.3) is 10.0 Å². The molecule has 0 spiro atoms. The minimum atomic E-state index is -3.62. The predicted octanol–water partition coefficient (Wildman–Crippen LogP) is 4.88. The molecule has 0 bridgehead atoms. The van der Waals surface area contributed by atoms with Crippen LogP contribution in [0.3, 0.4) is 0 Å². The first-order valence-electron chi connectivity index (χ1n) is 8.72. The third kappa shape index (κ3) is 4.33. The molecule has 1 unspecified atom stereocenters. The average Bonchev–Trinajstić information content (AvgIpc) is 2.67. The number of aryl methyl sites for hydroxylation is 1. The van der Waals surface area contributed by atoms with E-state index in [0.717, 1.165) is 12.0 Å². The van der Waals surface area contributed by atoms with E-state index >= 15 is 0 Å². The van der Waals surface area contributed by atoms with E-state index in [1.165, 1.54) is 4.31 Å². The molecule has 0 heterocycles. The summed E-state index contributed by atoms with van der Waals surface area (Å²) in [6, 6.07) is 16.2. The summed E-state index contributed by atoms with van der Waals surface area (Å²) >= 11 is 0. The van der Waals surface area contributed by atoms with Crippen molar-refractivity contribution in [2.75, 3.05) is 10.8 Å². The smallest absolute Gasteiger partial charge is 0.263 e. The van der Waals surface area contributed by atoms with Gasteiger partial charge in [0, 0.05) is 0 Å². The number of allylic oxidation sites excluding steroid dienone is 5. The maximum atomic E-state index is 13.2. The van der Waals surface area contributed by atoms with Crippen molar-refractivity contribution in [2.45, 2.75) is 18.2 Å². The molecular formula is C22H23NO2S. The van der Waals surface area contributed by atoms with Crippen molar-refractivity contribution in [1.82, 2.24) is 0 Å². The van der Waals surface area contributed by atoms with E-state index in [1.54, 1.807) is 12.1 Å². The van der Waals surface area contributed by atoms with Crippen LogP contribution in [0.5, 0.6) is 0 Å². The van der Waals surface area contributed by atoms with E-state index in [-0.39, 0.29) is 0 Å². The molecule has 0 saturated heterocycles. The SMILES string of the molecule is Cc1ccc(S(=O)(=O)N(C/C=C/C2C=CC=CC2)c2ccccc2)cc1. The van der Waals surface area contributed by atoms with Gasteiger partial charge in [0.05, 0.1) is 17.1 Å². The second-order valence-electron chi connectivity index (χ2n) is 6.33. The Morgan fingerprint density at radius 2 is 1.77 bits per heavy atom. The molecule has 26 heavy (non-hydrogen) atoms. The lowest BCUT2D eigenvalue weighted by Gasteiger charge is -2.23. The number of hydrogen-bond donors (Lipinski definition) is 0. The lowest BCUT2D eigenvalue weighted by atomic mass is 10.0. The van der Waals surface area contributed by atoms with Crippen LogP contribution in [0.25, 0.3) is 0 Å². The molecule has 0 amide bonds. The zero-order valence-corrected chi connectivity index (χ0v) is 15.6. The summed E-state index contributed by atoms with van der Waals surface area (Å²) in [4.78, 5) is 0.306. The van der Waals surface area contributed by atoms with Crippen molar-refractivity contribution in [3.05, 3.63) is 96.6 Å². The van der Waals surface area contributed by atoms with Crippen LogP contribution in [0.1, 0.15) is 12.0 Å². The molecule has 0 fully saturated rings. The summed E-state index contributed by atoms with van der Waals surface area (Å²) in [6.07, 6.45) is 13.3. The lowest BCUT2D eigenvalue weighted by Crippen LogP contribution is -2.31. The molecule has 0 N–H and O–H groups in total. The zero-order valence-electron chi connectivity index (χ0n) is 14.8. The number of nitrogens with zero attached hydrogens (tertiary/aromatic N) is 1. The van der Waals surface area contributed by atoms with Crippen LogP contribution in [0.15, 0.2) is 95.9 Å². The molecule has 0 radical (unpaired) electrons. The highest BCUT2D eigenvalue weighted by molar-refractivity contribution is 7.92. The number of sulfonamides is 1. The largest absolute Gasteiger partial charge is 0.264 e. The number of hydrogen-bond acceptors (Lipinski definition) is 2. The fourth-order valence-corrected chi connectivity index (χ4v) is 4.26. The van der Waals surface area contributed by atoms with Gasteiger partial charge in [-0.15, -0.1) is 0 Å². The molecule has 2 aromatic carbocycles. The van der Waals surface area contributed by atoms with Gasteiger partial charge in [0.15, 0.2) is 0 Å². The highest BCUT2D eigenvalue weighted by Crippen LogP contribution is 2.24. The summed E-state index contributed by atoms with van der Waals surface area (Å²) in [6.45, 7) is 2.24. The monoisotopic (exact) mass is 365 g/mol. The molecule has 1 aliphatic rings. The van der Waals surface area contributed by atoms with Gasteiger partial charge in [-0.1, -0.05) is 72.4 Å². The molecule has 1 atom stereocenters. The van der Waals surface area contributed by atoms with Gasteiger partial charge in [-0.3, -0.25) is 4.31 Å². The maximum absolute atomic E-state index is 13.2. The van der Waals surface area contributed by atoms with Gasteiger partial charge < -0.3 is 0 Å². The number of anilines is 1. The van der Waals surface area contributed by atoms with E-state index < -0.39 is 10.0 Å². The fraction of sp³-hybridized carbons (Fsp3) is 0.182. The Morgan fingerprint density at radius 1 is 1.04 bits per heavy atom. The van der Waals surface area contributed by atoms with E-state index in [4.69, 9.17) is 0 Å². The first kappa shape index (κ1) is 18.2. The van der Waals surface area contributed by atoms with Gasteiger partial charge in [-0.05, 0) is 43.5 Å². The highest BCUT2D eigenvalue weighted by atomic mass is 32.2. The fourth-order valence-electron chi connectivity index (χ4n) is 2.85. The Labute approximate surface area is 156 Å². The standard InChI is InChI=1S/C22H23NO2S/c1-19-14-16-22(17-15-19)26(24,25)23(21-12-6-3-7-13-21)18-8-11-20-9-4-2-5-10-20/h2-9,11-17,20H,10,18H2,1H3/b11-8+. The van der Waals surface area contributed by atoms with Crippen molar-refractivity contribution >= 4 is 15.7 Å². The van der Waals surface area contributed by atoms with Gasteiger partial charge in [0.2, 0.25) is 0 Å². The van der Waals surface area contributed by atoms with Crippen LogP contribution < -0.4 is 4.31 Å². The Kier molecular flexibility index (Phi) is 5.74. The third-order valence-corrected chi connectivity index (χ3v) is 6.13. The van der Waals surface area contributed by atoms with Crippen LogP contribution >= 0.6 is 0 Å². The first-order valence-corrected chi connectivity index (χ1v) is 10.2. The molecule has 3 rings (SSSR count). The lowest BCUT2D eigenvalue weighted by molar-refractivity contribution is 0.592. The molecule has 134 valence electrons. The summed E-state index contributed by atoms with van der Waals surface area (Å²) in [7, 11) is -3.62.